The molecule has 0 saturated heterocycles. The van der Waals surface area contributed by atoms with E-state index in [9.17, 15) is 24.3 Å². The van der Waals surface area contributed by atoms with E-state index in [-0.39, 0.29) is 24.4 Å². The van der Waals surface area contributed by atoms with Crippen LogP contribution < -0.4 is 5.32 Å². The van der Waals surface area contributed by atoms with Crippen molar-refractivity contribution < 1.29 is 38.5 Å². The van der Waals surface area contributed by atoms with Crippen LogP contribution in [0.25, 0.3) is 0 Å². The van der Waals surface area contributed by atoms with Crippen LogP contribution >= 0.6 is 0 Å². The van der Waals surface area contributed by atoms with Crippen molar-refractivity contribution in [3.05, 3.63) is 12.2 Å². The quantitative estimate of drug-likeness (QED) is 0.0801. The van der Waals surface area contributed by atoms with Crippen molar-refractivity contribution in [1.29, 1.82) is 0 Å². The van der Waals surface area contributed by atoms with E-state index in [1.807, 2.05) is 40.7 Å². The zero-order chi connectivity index (χ0) is 35.2. The number of aliphatic hydroxyl groups is 1. The molecule has 10 heteroatoms. The van der Waals surface area contributed by atoms with Gasteiger partial charge >= 0.3 is 12.1 Å². The van der Waals surface area contributed by atoms with Crippen LogP contribution in [-0.4, -0.2) is 68.7 Å². The molecule has 44 heavy (non-hydrogen) atoms. The summed E-state index contributed by atoms with van der Waals surface area (Å²) in [5, 5.41) is 11.9. The van der Waals surface area contributed by atoms with Crippen molar-refractivity contribution in [1.82, 2.24) is 5.32 Å². The van der Waals surface area contributed by atoms with E-state index in [0.29, 0.717) is 24.5 Å². The van der Waals surface area contributed by atoms with Crippen LogP contribution in [0.3, 0.4) is 0 Å². The summed E-state index contributed by atoms with van der Waals surface area (Å²) in [5.41, 5.74) is 0. The molecule has 0 aliphatic heterocycles. The monoisotopic (exact) mass is 632 g/mol. The number of ketones is 1. The first-order chi connectivity index (χ1) is 20.9. The third-order valence-corrected chi connectivity index (χ3v) is 5.31. The maximum Gasteiger partial charge on any atom is 0.507 e. The number of carbonyl (C=O) groups excluding carboxylic acids is 4. The minimum absolute atomic E-state index is 0.0289. The molecule has 2 unspecified atom stereocenters. The SMILES string of the molecule is C/C=C\C(=NC)NC(=O)C(C)CC.CCC.CCCC(=O)OCC(O)CCC.CCCCCC(=O)CCC.COC(=O)OC. The smallest absolute Gasteiger partial charge is 0.463 e. The molecule has 262 valence electrons. The van der Waals surface area contributed by atoms with Crippen LogP contribution in [0.15, 0.2) is 17.1 Å². The molecule has 0 fully saturated rings. The lowest BCUT2D eigenvalue weighted by atomic mass is 10.1. The second kappa shape index (κ2) is 42.4. The van der Waals surface area contributed by atoms with Gasteiger partial charge in [-0.25, -0.2) is 4.79 Å². The largest absolute Gasteiger partial charge is 0.507 e. The van der Waals surface area contributed by atoms with Crippen molar-refractivity contribution in [3.8, 4) is 0 Å². The average molecular weight is 633 g/mol. The summed E-state index contributed by atoms with van der Waals surface area (Å²) >= 11 is 0. The number of methoxy groups -OCH3 is 2. The third kappa shape index (κ3) is 46.2. The Kier molecular flexibility index (Phi) is 49.0. The molecular weight excluding hydrogens is 564 g/mol. The van der Waals surface area contributed by atoms with Gasteiger partial charge in [0.15, 0.2) is 0 Å². The molecule has 0 rings (SSSR count). The lowest BCUT2D eigenvalue weighted by Gasteiger charge is -2.09. The summed E-state index contributed by atoms with van der Waals surface area (Å²) < 4.78 is 12.9. The topological polar surface area (TPSA) is 141 Å². The molecule has 0 bridgehead atoms. The first-order valence-electron chi connectivity index (χ1n) is 16.3. The van der Waals surface area contributed by atoms with E-state index in [4.69, 9.17) is 4.74 Å². The zero-order valence-corrected chi connectivity index (χ0v) is 30.3. The van der Waals surface area contributed by atoms with Gasteiger partial charge in [-0.05, 0) is 45.1 Å². The summed E-state index contributed by atoms with van der Waals surface area (Å²) in [5.74, 6) is 0.916. The van der Waals surface area contributed by atoms with Gasteiger partial charge in [0.05, 0.1) is 20.3 Å². The van der Waals surface area contributed by atoms with Crippen LogP contribution in [0.1, 0.15) is 139 Å². The number of rotatable bonds is 15. The summed E-state index contributed by atoms with van der Waals surface area (Å²) in [6.45, 7) is 18.3. The number of ether oxygens (including phenoxy) is 3. The maximum atomic E-state index is 11.4. The number of carbonyl (C=O) groups is 4. The number of hydrogen-bond acceptors (Lipinski definition) is 9. The number of nitrogens with one attached hydrogen (secondary N) is 1. The van der Waals surface area contributed by atoms with Crippen LogP contribution in [0, 0.1) is 5.92 Å². The number of amides is 1. The van der Waals surface area contributed by atoms with Crippen LogP contribution in [0.4, 0.5) is 4.79 Å². The number of Topliss-reactive ketones (excluding diaryl/α,β-unsaturated/α-hetero) is 1. The molecule has 0 heterocycles. The van der Waals surface area contributed by atoms with E-state index >= 15 is 0 Å². The number of aliphatic imine (C=N–C) groups is 1. The average Bonchev–Trinajstić information content (AvgIpc) is 3.00. The van der Waals surface area contributed by atoms with Gasteiger partial charge in [-0.3, -0.25) is 19.4 Å². The molecular formula is C34H68N2O8. The Morgan fingerprint density at radius 2 is 1.39 bits per heavy atom. The Hall–Kier alpha value is -2.75. The molecule has 0 aliphatic rings. The number of esters is 1. The van der Waals surface area contributed by atoms with Crippen molar-refractivity contribution in [3.63, 3.8) is 0 Å². The second-order valence-corrected chi connectivity index (χ2v) is 9.89. The molecule has 0 spiro atoms. The predicted molar refractivity (Wildman–Crippen MR) is 182 cm³/mol. The standard InChI is InChI=1S/C10H18N2O.C9H18O3.C9H18O.C3H6O3.C3H8/c1-5-7-9(11-4)12-10(13)8(3)6-2;1-3-5-8(10)7-12-9(11)6-4-2;1-3-5-6-8-9(10)7-4-2;1-5-3(4)6-2;1-3-2/h5,7-8H,6H2,1-4H3,(H,11,12,13);8,10H,3-7H2,1-2H3;3-8H2,1-2H3;1-2H3;3H2,1-2H3/b7-5-;;;;. The highest BCUT2D eigenvalue weighted by Gasteiger charge is 2.10. The molecule has 2 atom stereocenters. The molecule has 0 aromatic heterocycles. The van der Waals surface area contributed by atoms with Crippen molar-refractivity contribution in [2.24, 2.45) is 10.9 Å². The van der Waals surface area contributed by atoms with Gasteiger partial charge in [0.1, 0.15) is 18.2 Å². The van der Waals surface area contributed by atoms with E-state index in [1.165, 1.54) is 33.5 Å². The Morgan fingerprint density at radius 3 is 1.75 bits per heavy atom. The molecule has 1 amide bonds. The lowest BCUT2D eigenvalue weighted by molar-refractivity contribution is -0.146. The fourth-order valence-corrected chi connectivity index (χ4v) is 2.71. The normalized spacial score (nSPS) is 11.3. The molecule has 0 aliphatic carbocycles. The first kappa shape index (κ1) is 50.9. The highest BCUT2D eigenvalue weighted by Crippen LogP contribution is 2.03. The van der Waals surface area contributed by atoms with Crippen molar-refractivity contribution in [2.45, 2.75) is 145 Å². The fraction of sp³-hybridized carbons (Fsp3) is 0.794. The Labute approximate surface area is 269 Å². The van der Waals surface area contributed by atoms with Gasteiger partial charge in [-0.2, -0.15) is 0 Å². The summed E-state index contributed by atoms with van der Waals surface area (Å²) in [6, 6.07) is 0. The third-order valence-electron chi connectivity index (χ3n) is 5.31. The first-order valence-corrected chi connectivity index (χ1v) is 16.3. The van der Waals surface area contributed by atoms with E-state index in [2.05, 4.69) is 47.5 Å². The molecule has 0 saturated carbocycles. The van der Waals surface area contributed by atoms with Gasteiger partial charge in [-0.15, -0.1) is 0 Å². The number of aliphatic hydroxyl groups excluding tert-OH is 1. The van der Waals surface area contributed by atoms with Gasteiger partial charge in [-0.1, -0.05) is 87.1 Å². The number of amidine groups is 1. The summed E-state index contributed by atoms with van der Waals surface area (Å²) in [4.78, 5) is 46.8. The molecule has 0 aromatic carbocycles. The van der Waals surface area contributed by atoms with E-state index < -0.39 is 12.3 Å². The van der Waals surface area contributed by atoms with Gasteiger partial charge in [0.2, 0.25) is 5.91 Å². The second-order valence-electron chi connectivity index (χ2n) is 9.89. The zero-order valence-electron chi connectivity index (χ0n) is 30.3. The number of unbranched alkanes of at least 4 members (excludes halogenated alkanes) is 2. The van der Waals surface area contributed by atoms with Crippen LogP contribution in [0.2, 0.25) is 0 Å². The van der Waals surface area contributed by atoms with E-state index in [0.717, 1.165) is 44.9 Å². The molecule has 10 nitrogen and oxygen atoms in total. The van der Waals surface area contributed by atoms with Crippen LogP contribution in [0.5, 0.6) is 0 Å². The number of nitrogens with zero attached hydrogens (tertiary/aromatic N) is 1. The van der Waals surface area contributed by atoms with Crippen LogP contribution in [-0.2, 0) is 28.6 Å². The van der Waals surface area contributed by atoms with Crippen molar-refractivity contribution >= 4 is 29.7 Å². The minimum atomic E-state index is -0.657. The van der Waals surface area contributed by atoms with Crippen molar-refractivity contribution in [2.75, 3.05) is 27.9 Å². The summed E-state index contributed by atoms with van der Waals surface area (Å²) in [6.07, 6.45) is 13.5. The highest BCUT2D eigenvalue weighted by molar-refractivity contribution is 6.04. The Balaban J connectivity index is -0.000000153. The Morgan fingerprint density at radius 1 is 0.841 bits per heavy atom. The molecule has 0 aromatic rings. The van der Waals surface area contributed by atoms with E-state index in [1.54, 1.807) is 13.1 Å². The molecule has 0 radical (unpaired) electrons. The lowest BCUT2D eigenvalue weighted by Crippen LogP contribution is -2.33. The Bertz CT molecular complexity index is 718. The maximum absolute atomic E-state index is 11.4. The number of hydrogen-bond donors (Lipinski definition) is 2. The molecule has 2 N–H and O–H groups in total. The summed E-state index contributed by atoms with van der Waals surface area (Å²) in [7, 11) is 4.17. The predicted octanol–water partition coefficient (Wildman–Crippen LogP) is 8.00. The fourth-order valence-electron chi connectivity index (χ4n) is 2.71. The number of allylic oxidation sites excluding steroid dienone is 1. The van der Waals surface area contributed by atoms with Gasteiger partial charge in [0.25, 0.3) is 0 Å². The van der Waals surface area contributed by atoms with Gasteiger partial charge < -0.3 is 24.6 Å². The minimum Gasteiger partial charge on any atom is -0.463 e. The van der Waals surface area contributed by atoms with Gasteiger partial charge in [0, 0.05) is 32.2 Å². The highest BCUT2D eigenvalue weighted by atomic mass is 16.7.